The normalized spacial score (nSPS) is 18.9. The molecule has 0 saturated carbocycles. The minimum atomic E-state index is -0.640. The number of aryl methyl sites for hydroxylation is 1. The van der Waals surface area contributed by atoms with Gasteiger partial charge in [-0.05, 0) is 30.5 Å². The summed E-state index contributed by atoms with van der Waals surface area (Å²) in [7, 11) is 0. The van der Waals surface area contributed by atoms with Gasteiger partial charge in [-0.15, -0.1) is 0 Å². The summed E-state index contributed by atoms with van der Waals surface area (Å²) < 4.78 is 0. The summed E-state index contributed by atoms with van der Waals surface area (Å²) in [6.07, 6.45) is 3.34. The van der Waals surface area contributed by atoms with Crippen molar-refractivity contribution in [2.75, 3.05) is 5.32 Å². The zero-order valence-electron chi connectivity index (χ0n) is 11.0. The molecule has 2 nitrogen and oxygen atoms in total. The number of aliphatic hydroxyl groups excluding tert-OH is 1. The topological polar surface area (TPSA) is 32.3 Å². The summed E-state index contributed by atoms with van der Waals surface area (Å²) in [4.78, 5) is 0. The summed E-state index contributed by atoms with van der Waals surface area (Å²) in [5.74, 6) is 0. The predicted octanol–water partition coefficient (Wildman–Crippen LogP) is 4.10. The van der Waals surface area contributed by atoms with Crippen molar-refractivity contribution in [3.8, 4) is 0 Å². The lowest BCUT2D eigenvalue weighted by Crippen LogP contribution is -2.12. The first-order chi connectivity index (χ1) is 9.74. The van der Waals surface area contributed by atoms with Gasteiger partial charge in [-0.25, -0.2) is 0 Å². The number of hydrogen-bond donors (Lipinski definition) is 2. The van der Waals surface area contributed by atoms with Gasteiger partial charge in [0.25, 0.3) is 0 Å². The van der Waals surface area contributed by atoms with Gasteiger partial charge >= 0.3 is 0 Å². The zero-order chi connectivity index (χ0) is 13.9. The van der Waals surface area contributed by atoms with Crippen LogP contribution in [0.5, 0.6) is 0 Å². The van der Waals surface area contributed by atoms with E-state index in [4.69, 9.17) is 11.6 Å². The Balaban J connectivity index is 1.76. The molecule has 3 rings (SSSR count). The third-order valence-corrected chi connectivity index (χ3v) is 3.75. The van der Waals surface area contributed by atoms with Crippen LogP contribution < -0.4 is 5.32 Å². The first-order valence-corrected chi connectivity index (χ1v) is 7.10. The van der Waals surface area contributed by atoms with Crippen LogP contribution in [0.25, 0.3) is 5.57 Å². The molecule has 0 bridgehead atoms. The summed E-state index contributed by atoms with van der Waals surface area (Å²) in [6, 6.07) is 16.0. The van der Waals surface area contributed by atoms with Crippen LogP contribution >= 0.6 is 11.6 Å². The van der Waals surface area contributed by atoms with E-state index >= 15 is 0 Å². The maximum absolute atomic E-state index is 10.1. The number of fused-ring (bicyclic) bond motifs is 1. The molecule has 1 atom stereocenters. The second-order valence-electron chi connectivity index (χ2n) is 4.92. The lowest BCUT2D eigenvalue weighted by Gasteiger charge is -2.05. The Bertz CT molecular complexity index is 637. The number of allylic oxidation sites excluding steroid dienone is 1. The fourth-order valence-electron chi connectivity index (χ4n) is 2.52. The largest absolute Gasteiger partial charge is 0.369 e. The Kier molecular flexibility index (Phi) is 3.77. The van der Waals surface area contributed by atoms with Gasteiger partial charge in [0, 0.05) is 21.8 Å². The second kappa shape index (κ2) is 5.70. The van der Waals surface area contributed by atoms with E-state index in [-0.39, 0.29) is 0 Å². The van der Waals surface area contributed by atoms with Crippen molar-refractivity contribution in [1.29, 1.82) is 0 Å². The van der Waals surface area contributed by atoms with Gasteiger partial charge in [-0.3, -0.25) is 0 Å². The molecule has 0 amide bonds. The van der Waals surface area contributed by atoms with Crippen molar-refractivity contribution in [2.24, 2.45) is 0 Å². The molecular weight excluding hydrogens is 270 g/mol. The van der Waals surface area contributed by atoms with Crippen molar-refractivity contribution in [3.05, 3.63) is 70.8 Å². The molecule has 1 unspecified atom stereocenters. The Hall–Kier alpha value is -1.77. The maximum atomic E-state index is 10.1. The Morgan fingerprint density at radius 1 is 1.15 bits per heavy atom. The quantitative estimate of drug-likeness (QED) is 0.890. The maximum Gasteiger partial charge on any atom is 0.151 e. The number of halogens is 1. The number of anilines is 1. The van der Waals surface area contributed by atoms with Gasteiger partial charge in [-0.2, -0.15) is 0 Å². The molecule has 0 aromatic heterocycles. The molecule has 0 aliphatic carbocycles. The van der Waals surface area contributed by atoms with Gasteiger partial charge in [0.2, 0.25) is 0 Å². The van der Waals surface area contributed by atoms with Gasteiger partial charge in [0.05, 0.1) is 0 Å². The Morgan fingerprint density at radius 3 is 2.75 bits per heavy atom. The fraction of sp³-hybridized carbons (Fsp3) is 0.176. The van der Waals surface area contributed by atoms with Crippen molar-refractivity contribution < 1.29 is 5.11 Å². The summed E-state index contributed by atoms with van der Waals surface area (Å²) in [5, 5.41) is 13.8. The van der Waals surface area contributed by atoms with Gasteiger partial charge in [-0.1, -0.05) is 54.1 Å². The van der Waals surface area contributed by atoms with Crippen LogP contribution in [0.3, 0.4) is 0 Å². The third kappa shape index (κ3) is 2.72. The summed E-state index contributed by atoms with van der Waals surface area (Å²) in [6.45, 7) is 0. The summed E-state index contributed by atoms with van der Waals surface area (Å²) >= 11 is 5.96. The Morgan fingerprint density at radius 2 is 1.95 bits per heavy atom. The molecule has 0 saturated heterocycles. The minimum absolute atomic E-state index is 0.640. The van der Waals surface area contributed by atoms with E-state index in [2.05, 4.69) is 23.5 Å². The van der Waals surface area contributed by atoms with Crippen LogP contribution in [0.15, 0.2) is 54.6 Å². The Labute approximate surface area is 123 Å². The van der Waals surface area contributed by atoms with E-state index in [1.807, 2.05) is 36.4 Å². The van der Waals surface area contributed by atoms with Crippen LogP contribution in [0.1, 0.15) is 17.5 Å². The van der Waals surface area contributed by atoms with Gasteiger partial charge < -0.3 is 10.4 Å². The van der Waals surface area contributed by atoms with E-state index in [9.17, 15) is 5.11 Å². The average Bonchev–Trinajstić information content (AvgIpc) is 2.75. The number of hydrogen-bond acceptors (Lipinski definition) is 2. The van der Waals surface area contributed by atoms with Gasteiger partial charge in [0.1, 0.15) is 0 Å². The summed E-state index contributed by atoms with van der Waals surface area (Å²) in [5.41, 5.74) is 4.18. The van der Waals surface area contributed by atoms with Crippen molar-refractivity contribution in [2.45, 2.75) is 19.1 Å². The molecule has 20 heavy (non-hydrogen) atoms. The minimum Gasteiger partial charge on any atom is -0.369 e. The predicted molar refractivity (Wildman–Crippen MR) is 83.8 cm³/mol. The average molecular weight is 286 g/mol. The molecule has 1 aliphatic rings. The molecule has 0 spiro atoms. The molecule has 2 N–H and O–H groups in total. The van der Waals surface area contributed by atoms with Crippen LogP contribution in [0.4, 0.5) is 5.69 Å². The van der Waals surface area contributed by atoms with E-state index in [0.29, 0.717) is 5.02 Å². The van der Waals surface area contributed by atoms with Crippen LogP contribution in [0, 0.1) is 0 Å². The molecule has 2 aromatic rings. The first-order valence-electron chi connectivity index (χ1n) is 6.72. The molecule has 0 radical (unpaired) electrons. The number of rotatable bonds is 3. The molecule has 1 aliphatic heterocycles. The van der Waals surface area contributed by atoms with E-state index in [0.717, 1.165) is 29.7 Å². The zero-order valence-corrected chi connectivity index (χ0v) is 11.8. The highest BCUT2D eigenvalue weighted by Crippen LogP contribution is 2.36. The highest BCUT2D eigenvalue weighted by atomic mass is 35.5. The van der Waals surface area contributed by atoms with Crippen molar-refractivity contribution in [3.63, 3.8) is 0 Å². The molecule has 3 heteroatoms. The molecule has 2 aromatic carbocycles. The SMILES string of the molecule is OC1Nc2cc(Cl)ccc2/C1=C\CCc1ccccc1. The second-order valence-corrected chi connectivity index (χ2v) is 5.36. The van der Waals surface area contributed by atoms with Crippen molar-refractivity contribution in [1.82, 2.24) is 0 Å². The highest BCUT2D eigenvalue weighted by molar-refractivity contribution is 6.31. The number of nitrogens with one attached hydrogen (secondary N) is 1. The number of benzene rings is 2. The highest BCUT2D eigenvalue weighted by Gasteiger charge is 2.23. The lowest BCUT2D eigenvalue weighted by atomic mass is 10.0. The number of aliphatic hydroxyl groups is 1. The van der Waals surface area contributed by atoms with Crippen LogP contribution in [-0.4, -0.2) is 11.3 Å². The molecular formula is C17H16ClNO. The van der Waals surface area contributed by atoms with Crippen molar-refractivity contribution >= 4 is 22.9 Å². The molecule has 0 fully saturated rings. The van der Waals surface area contributed by atoms with Crippen LogP contribution in [-0.2, 0) is 6.42 Å². The van der Waals surface area contributed by atoms with E-state index < -0.39 is 6.23 Å². The van der Waals surface area contributed by atoms with Gasteiger partial charge in [0.15, 0.2) is 6.23 Å². The standard InChI is InChI=1S/C17H16ClNO/c18-13-9-10-14-15(17(20)19-16(14)11-13)8-4-7-12-5-2-1-3-6-12/h1-3,5-6,8-11,17,19-20H,4,7H2/b15-8+. The smallest absolute Gasteiger partial charge is 0.151 e. The monoisotopic (exact) mass is 285 g/mol. The fourth-order valence-corrected chi connectivity index (χ4v) is 2.69. The van der Waals surface area contributed by atoms with Crippen LogP contribution in [0.2, 0.25) is 5.02 Å². The first kappa shape index (κ1) is 13.2. The molecule has 102 valence electrons. The third-order valence-electron chi connectivity index (χ3n) is 3.52. The molecule has 1 heterocycles. The lowest BCUT2D eigenvalue weighted by molar-refractivity contribution is 0.265. The van der Waals surface area contributed by atoms with E-state index in [1.165, 1.54) is 5.56 Å². The van der Waals surface area contributed by atoms with E-state index in [1.54, 1.807) is 0 Å².